The topological polar surface area (TPSA) is 114 Å². The number of esters is 1. The van der Waals surface area contributed by atoms with Gasteiger partial charge in [0.2, 0.25) is 11.8 Å². The van der Waals surface area contributed by atoms with Crippen molar-refractivity contribution in [2.24, 2.45) is 0 Å². The highest BCUT2D eigenvalue weighted by Gasteiger charge is 2.34. The number of alkyl carbamates (subject to hydrolysis) is 1. The number of benzene rings is 2. The molecule has 0 aliphatic rings. The molecule has 0 spiro atoms. The molecule has 0 saturated carbocycles. The van der Waals surface area contributed by atoms with Crippen molar-refractivity contribution in [2.75, 3.05) is 13.6 Å². The van der Waals surface area contributed by atoms with E-state index in [1.54, 1.807) is 65.8 Å². The van der Waals surface area contributed by atoms with E-state index < -0.39 is 53.7 Å². The second kappa shape index (κ2) is 13.8. The number of nitrogens with zero attached hydrogens (tertiary/aromatic N) is 1. The molecular formula is C31H41N3O6. The summed E-state index contributed by atoms with van der Waals surface area (Å²) in [6, 6.07) is 14.1. The van der Waals surface area contributed by atoms with Gasteiger partial charge in [-0.2, -0.15) is 0 Å². The molecule has 2 rings (SSSR count). The monoisotopic (exact) mass is 551 g/mol. The maximum Gasteiger partial charge on any atom is 0.408 e. The summed E-state index contributed by atoms with van der Waals surface area (Å²) in [5.41, 5.74) is 0.577. The Hall–Kier alpha value is -4.14. The summed E-state index contributed by atoms with van der Waals surface area (Å²) < 4.78 is 10.8. The smallest absolute Gasteiger partial charge is 0.408 e. The van der Waals surface area contributed by atoms with Crippen molar-refractivity contribution < 1.29 is 28.7 Å². The quantitative estimate of drug-likeness (QED) is 0.423. The van der Waals surface area contributed by atoms with Gasteiger partial charge in [-0.15, -0.1) is 0 Å². The van der Waals surface area contributed by atoms with Crippen LogP contribution in [0.5, 0.6) is 0 Å². The third-order valence-electron chi connectivity index (χ3n) is 5.56. The van der Waals surface area contributed by atoms with Crippen LogP contribution in [-0.2, 0) is 30.3 Å². The van der Waals surface area contributed by atoms with E-state index in [4.69, 9.17) is 9.47 Å². The number of nitrogens with one attached hydrogen (secondary N) is 2. The van der Waals surface area contributed by atoms with Gasteiger partial charge in [0.05, 0.1) is 0 Å². The minimum Gasteiger partial charge on any atom is -0.458 e. The standard InChI is InChI=1S/C31H41N3O6/c1-9-21-16-13-17-23(18-21)26(34(8)25(35)20-32-29(38)40-31(5,6)7)27(36)33-24(28(37)39-30(2,3)4)19-22-14-11-10-12-15-22/h9-18,24,26H,1,19-20H2,2-8H3,(H,32,38)(H,33,36). The molecule has 2 unspecified atom stereocenters. The van der Waals surface area contributed by atoms with Gasteiger partial charge in [-0.1, -0.05) is 61.2 Å². The van der Waals surface area contributed by atoms with E-state index in [9.17, 15) is 19.2 Å². The first kappa shape index (κ1) is 32.1. The largest absolute Gasteiger partial charge is 0.458 e. The van der Waals surface area contributed by atoms with E-state index in [1.165, 1.54) is 11.9 Å². The molecule has 9 heteroatoms. The Morgan fingerprint density at radius 2 is 1.55 bits per heavy atom. The second-order valence-corrected chi connectivity index (χ2v) is 11.4. The van der Waals surface area contributed by atoms with Gasteiger partial charge < -0.3 is 25.0 Å². The van der Waals surface area contributed by atoms with Crippen LogP contribution < -0.4 is 10.6 Å². The third kappa shape index (κ3) is 10.6. The third-order valence-corrected chi connectivity index (χ3v) is 5.56. The first-order valence-electron chi connectivity index (χ1n) is 13.1. The molecule has 2 aromatic carbocycles. The highest BCUT2D eigenvalue weighted by Crippen LogP contribution is 2.23. The first-order valence-corrected chi connectivity index (χ1v) is 13.1. The highest BCUT2D eigenvalue weighted by molar-refractivity contribution is 5.92. The van der Waals surface area contributed by atoms with Crippen molar-refractivity contribution in [3.8, 4) is 0 Å². The van der Waals surface area contributed by atoms with Crippen LogP contribution >= 0.6 is 0 Å². The average Bonchev–Trinajstić information content (AvgIpc) is 2.85. The Bertz CT molecular complexity index is 1200. The molecule has 40 heavy (non-hydrogen) atoms. The van der Waals surface area contributed by atoms with Crippen molar-refractivity contribution in [1.82, 2.24) is 15.5 Å². The lowest BCUT2D eigenvalue weighted by Gasteiger charge is -2.30. The first-order chi connectivity index (χ1) is 18.6. The number of rotatable bonds is 10. The van der Waals surface area contributed by atoms with E-state index in [-0.39, 0.29) is 6.42 Å². The Morgan fingerprint density at radius 3 is 2.12 bits per heavy atom. The number of hydrogen-bond donors (Lipinski definition) is 2. The maximum absolute atomic E-state index is 13.8. The van der Waals surface area contributed by atoms with Crippen LogP contribution in [0.4, 0.5) is 4.79 Å². The fourth-order valence-corrected chi connectivity index (χ4v) is 3.80. The summed E-state index contributed by atoms with van der Waals surface area (Å²) in [7, 11) is 1.46. The zero-order chi connectivity index (χ0) is 30.1. The normalized spacial score (nSPS) is 12.9. The lowest BCUT2D eigenvalue weighted by Crippen LogP contribution is -2.51. The summed E-state index contributed by atoms with van der Waals surface area (Å²) in [6.07, 6.45) is 1.07. The predicted octanol–water partition coefficient (Wildman–Crippen LogP) is 4.42. The molecule has 0 aliphatic heterocycles. The predicted molar refractivity (Wildman–Crippen MR) is 154 cm³/mol. The van der Waals surface area contributed by atoms with Crippen molar-refractivity contribution in [1.29, 1.82) is 0 Å². The van der Waals surface area contributed by atoms with Crippen molar-refractivity contribution in [2.45, 2.75) is 71.2 Å². The molecular weight excluding hydrogens is 510 g/mol. The Balaban J connectivity index is 2.36. The molecule has 0 bridgehead atoms. The molecule has 0 fully saturated rings. The molecule has 9 nitrogen and oxygen atoms in total. The molecule has 0 aliphatic carbocycles. The number of likely N-dealkylation sites (N-methyl/N-ethyl adjacent to an activating group) is 1. The number of ether oxygens (including phenoxy) is 2. The van der Waals surface area contributed by atoms with E-state index in [0.717, 1.165) is 11.1 Å². The Labute approximate surface area is 236 Å². The fourth-order valence-electron chi connectivity index (χ4n) is 3.80. The molecule has 2 aromatic rings. The van der Waals surface area contributed by atoms with Crippen LogP contribution in [0.15, 0.2) is 61.2 Å². The highest BCUT2D eigenvalue weighted by atomic mass is 16.6. The molecule has 216 valence electrons. The van der Waals surface area contributed by atoms with Crippen molar-refractivity contribution in [3.63, 3.8) is 0 Å². The van der Waals surface area contributed by atoms with E-state index in [2.05, 4.69) is 17.2 Å². The zero-order valence-electron chi connectivity index (χ0n) is 24.4. The van der Waals surface area contributed by atoms with Gasteiger partial charge in [0.25, 0.3) is 0 Å². The summed E-state index contributed by atoms with van der Waals surface area (Å²) >= 11 is 0. The molecule has 2 N–H and O–H groups in total. The molecule has 2 atom stereocenters. The number of amides is 3. The molecule has 0 saturated heterocycles. The summed E-state index contributed by atoms with van der Waals surface area (Å²) in [5.74, 6) is -1.71. The second-order valence-electron chi connectivity index (χ2n) is 11.4. The number of hydrogen-bond acceptors (Lipinski definition) is 6. The SMILES string of the molecule is C=Cc1cccc(C(C(=O)NC(Cc2ccccc2)C(=O)OC(C)(C)C)N(C)C(=O)CNC(=O)OC(C)(C)C)c1. The fraction of sp³-hybridized carbons (Fsp3) is 0.419. The summed E-state index contributed by atoms with van der Waals surface area (Å²) in [6.45, 7) is 13.8. The minimum absolute atomic E-state index is 0.193. The number of carbonyl (C=O) groups excluding carboxylic acids is 4. The molecule has 3 amide bonds. The van der Waals surface area contributed by atoms with Crippen LogP contribution in [0.25, 0.3) is 6.08 Å². The number of carbonyl (C=O) groups is 4. The minimum atomic E-state index is -1.12. The van der Waals surface area contributed by atoms with Crippen LogP contribution in [0, 0.1) is 0 Å². The lowest BCUT2D eigenvalue weighted by atomic mass is 10.00. The van der Waals surface area contributed by atoms with E-state index in [1.807, 2.05) is 36.4 Å². The van der Waals surface area contributed by atoms with Crippen LogP contribution in [0.3, 0.4) is 0 Å². The average molecular weight is 552 g/mol. The zero-order valence-corrected chi connectivity index (χ0v) is 24.4. The van der Waals surface area contributed by atoms with Crippen molar-refractivity contribution >= 4 is 30.0 Å². The Kier molecular flexibility index (Phi) is 11.0. The van der Waals surface area contributed by atoms with Gasteiger partial charge in [0.1, 0.15) is 29.8 Å². The molecule has 0 heterocycles. The van der Waals surface area contributed by atoms with Gasteiger partial charge >= 0.3 is 12.1 Å². The molecule has 0 aromatic heterocycles. The summed E-state index contributed by atoms with van der Waals surface area (Å²) in [5, 5.41) is 5.24. The van der Waals surface area contributed by atoms with Gasteiger partial charge in [0, 0.05) is 13.5 Å². The van der Waals surface area contributed by atoms with Crippen molar-refractivity contribution in [3.05, 3.63) is 77.9 Å². The maximum atomic E-state index is 13.8. The van der Waals surface area contributed by atoms with Gasteiger partial charge in [-0.25, -0.2) is 9.59 Å². The van der Waals surface area contributed by atoms with Crippen LogP contribution in [0.2, 0.25) is 0 Å². The summed E-state index contributed by atoms with van der Waals surface area (Å²) in [4.78, 5) is 53.5. The molecule has 0 radical (unpaired) electrons. The van der Waals surface area contributed by atoms with E-state index >= 15 is 0 Å². The van der Waals surface area contributed by atoms with Gasteiger partial charge in [0.15, 0.2) is 0 Å². The van der Waals surface area contributed by atoms with Gasteiger partial charge in [-0.3, -0.25) is 9.59 Å². The lowest BCUT2D eigenvalue weighted by molar-refractivity contribution is -0.159. The van der Waals surface area contributed by atoms with Crippen LogP contribution in [0.1, 0.15) is 64.3 Å². The van der Waals surface area contributed by atoms with E-state index in [0.29, 0.717) is 5.56 Å². The Morgan fingerprint density at radius 1 is 0.925 bits per heavy atom. The van der Waals surface area contributed by atoms with Gasteiger partial charge in [-0.05, 0) is 64.3 Å². The van der Waals surface area contributed by atoms with Crippen LogP contribution in [-0.4, -0.2) is 59.6 Å².